The summed E-state index contributed by atoms with van der Waals surface area (Å²) in [5.41, 5.74) is 3.20. The molecule has 2 atom stereocenters. The molecule has 3 rings (SSSR count). The second-order valence-corrected chi connectivity index (χ2v) is 8.13. The van der Waals surface area contributed by atoms with E-state index in [1.807, 2.05) is 67.6 Å². The summed E-state index contributed by atoms with van der Waals surface area (Å²) in [7, 11) is 0. The summed E-state index contributed by atoms with van der Waals surface area (Å²) >= 11 is 5.27. The monoisotopic (exact) mass is 439 g/mol. The molecular weight excluding hydrogens is 410 g/mol. The van der Waals surface area contributed by atoms with E-state index in [1.165, 1.54) is 0 Å². The standard InChI is InChI=1S/C25H29NO4S/c1-19(2)13-23(17-28-15-21-11-7-4-8-12-21)29-18-24(27)26-22(16-30-25(26)31)14-20-9-5-3-6-10-20/h3-12,22-23H,1,13-18H2,2H3/t22-,23+/m0/s1. The van der Waals surface area contributed by atoms with Crippen LogP contribution in [0.5, 0.6) is 0 Å². The topological polar surface area (TPSA) is 48.0 Å². The number of hydrogen-bond donors (Lipinski definition) is 0. The first-order chi connectivity index (χ1) is 15.0. The van der Waals surface area contributed by atoms with Crippen LogP contribution in [-0.2, 0) is 32.0 Å². The molecule has 2 aromatic carbocycles. The average molecular weight is 440 g/mol. The molecule has 1 heterocycles. The van der Waals surface area contributed by atoms with Crippen molar-refractivity contribution in [1.82, 2.24) is 4.90 Å². The van der Waals surface area contributed by atoms with Gasteiger partial charge in [-0.3, -0.25) is 9.69 Å². The van der Waals surface area contributed by atoms with Crippen LogP contribution in [0.25, 0.3) is 0 Å². The van der Waals surface area contributed by atoms with Crippen molar-refractivity contribution in [2.24, 2.45) is 0 Å². The van der Waals surface area contributed by atoms with E-state index in [9.17, 15) is 4.79 Å². The first-order valence-electron chi connectivity index (χ1n) is 10.4. The van der Waals surface area contributed by atoms with E-state index in [2.05, 4.69) is 6.58 Å². The second kappa shape index (κ2) is 11.7. The maximum absolute atomic E-state index is 12.9. The van der Waals surface area contributed by atoms with E-state index in [4.69, 9.17) is 26.4 Å². The lowest BCUT2D eigenvalue weighted by Crippen LogP contribution is -2.43. The normalized spacial score (nSPS) is 16.7. The predicted octanol–water partition coefficient (Wildman–Crippen LogP) is 4.31. The van der Waals surface area contributed by atoms with Crippen LogP contribution in [0.1, 0.15) is 24.5 Å². The Morgan fingerprint density at radius 2 is 1.81 bits per heavy atom. The van der Waals surface area contributed by atoms with Crippen molar-refractivity contribution in [3.8, 4) is 0 Å². The minimum atomic E-state index is -0.255. The molecule has 0 N–H and O–H groups in total. The number of ether oxygens (including phenoxy) is 3. The van der Waals surface area contributed by atoms with Crippen LogP contribution in [-0.4, -0.2) is 47.9 Å². The van der Waals surface area contributed by atoms with Crippen LogP contribution in [0.15, 0.2) is 72.8 Å². The van der Waals surface area contributed by atoms with Crippen LogP contribution in [0.3, 0.4) is 0 Å². The van der Waals surface area contributed by atoms with Crippen molar-refractivity contribution in [1.29, 1.82) is 0 Å². The molecule has 1 amide bonds. The van der Waals surface area contributed by atoms with Gasteiger partial charge in [-0.05, 0) is 43.1 Å². The molecule has 0 aliphatic carbocycles. The third-order valence-electron chi connectivity index (χ3n) is 4.98. The Morgan fingerprint density at radius 3 is 2.45 bits per heavy atom. The molecule has 1 aliphatic heterocycles. The first-order valence-corrected chi connectivity index (χ1v) is 10.8. The molecule has 0 unspecified atom stereocenters. The lowest BCUT2D eigenvalue weighted by molar-refractivity contribution is -0.136. The fourth-order valence-corrected chi connectivity index (χ4v) is 3.82. The SMILES string of the molecule is C=C(C)C[C@H](COCc1ccccc1)OCC(=O)N1C(=S)OC[C@@H]1Cc1ccccc1. The van der Waals surface area contributed by atoms with Gasteiger partial charge < -0.3 is 14.2 Å². The summed E-state index contributed by atoms with van der Waals surface area (Å²) in [5, 5.41) is 0.214. The van der Waals surface area contributed by atoms with Crippen molar-refractivity contribution in [3.63, 3.8) is 0 Å². The van der Waals surface area contributed by atoms with Gasteiger partial charge in [-0.25, -0.2) is 0 Å². The van der Waals surface area contributed by atoms with Gasteiger partial charge in [0.05, 0.1) is 25.4 Å². The molecule has 0 spiro atoms. The maximum atomic E-state index is 12.9. The van der Waals surface area contributed by atoms with Gasteiger partial charge in [0.15, 0.2) is 0 Å². The highest BCUT2D eigenvalue weighted by atomic mass is 32.1. The molecule has 6 heteroatoms. The summed E-state index contributed by atoms with van der Waals surface area (Å²) in [4.78, 5) is 14.5. The molecule has 0 aromatic heterocycles. The van der Waals surface area contributed by atoms with E-state index in [0.717, 1.165) is 16.7 Å². The Labute approximate surface area is 189 Å². The zero-order chi connectivity index (χ0) is 22.1. The Bertz CT molecular complexity index is 872. The van der Waals surface area contributed by atoms with Crippen molar-refractivity contribution < 1.29 is 19.0 Å². The van der Waals surface area contributed by atoms with Crippen LogP contribution >= 0.6 is 12.2 Å². The highest BCUT2D eigenvalue weighted by Gasteiger charge is 2.35. The fraction of sp³-hybridized carbons (Fsp3) is 0.360. The van der Waals surface area contributed by atoms with Crippen LogP contribution < -0.4 is 0 Å². The lowest BCUT2D eigenvalue weighted by atomic mass is 10.1. The van der Waals surface area contributed by atoms with Crippen molar-refractivity contribution in [2.45, 2.75) is 38.5 Å². The summed E-state index contributed by atoms with van der Waals surface area (Å²) in [5.74, 6) is -0.196. The number of carbonyl (C=O) groups excluding carboxylic acids is 1. The van der Waals surface area contributed by atoms with E-state index in [1.54, 1.807) is 4.90 Å². The quantitative estimate of drug-likeness (QED) is 0.386. The molecule has 0 bridgehead atoms. The Kier molecular flexibility index (Phi) is 8.76. The van der Waals surface area contributed by atoms with Crippen molar-refractivity contribution in [2.75, 3.05) is 19.8 Å². The van der Waals surface area contributed by atoms with Gasteiger partial charge in [-0.1, -0.05) is 66.2 Å². The van der Waals surface area contributed by atoms with E-state index < -0.39 is 0 Å². The molecular formula is C25H29NO4S. The Hall–Kier alpha value is -2.54. The van der Waals surface area contributed by atoms with Crippen molar-refractivity contribution >= 4 is 23.3 Å². The molecule has 0 radical (unpaired) electrons. The highest BCUT2D eigenvalue weighted by Crippen LogP contribution is 2.18. The van der Waals surface area contributed by atoms with E-state index in [-0.39, 0.29) is 29.8 Å². The third kappa shape index (κ3) is 7.28. The molecule has 1 saturated heterocycles. The predicted molar refractivity (Wildman–Crippen MR) is 125 cm³/mol. The number of rotatable bonds is 11. The minimum Gasteiger partial charge on any atom is -0.468 e. The second-order valence-electron chi connectivity index (χ2n) is 7.78. The average Bonchev–Trinajstić information content (AvgIpc) is 3.12. The number of benzene rings is 2. The molecule has 5 nitrogen and oxygen atoms in total. The number of carbonyl (C=O) groups is 1. The van der Waals surface area contributed by atoms with Crippen LogP contribution in [0.2, 0.25) is 0 Å². The Balaban J connectivity index is 1.53. The largest absolute Gasteiger partial charge is 0.468 e. The molecule has 1 aliphatic rings. The van der Waals surface area contributed by atoms with Gasteiger partial charge in [0.2, 0.25) is 0 Å². The van der Waals surface area contributed by atoms with Crippen LogP contribution in [0.4, 0.5) is 0 Å². The van der Waals surface area contributed by atoms with Gasteiger partial charge in [-0.2, -0.15) is 0 Å². The zero-order valence-electron chi connectivity index (χ0n) is 17.9. The van der Waals surface area contributed by atoms with E-state index >= 15 is 0 Å². The van der Waals surface area contributed by atoms with Gasteiger partial charge >= 0.3 is 0 Å². The Morgan fingerprint density at radius 1 is 1.16 bits per heavy atom. The number of amides is 1. The number of hydrogen-bond acceptors (Lipinski definition) is 5. The van der Waals surface area contributed by atoms with Crippen molar-refractivity contribution in [3.05, 3.63) is 83.9 Å². The number of nitrogens with zero attached hydrogens (tertiary/aromatic N) is 1. The first kappa shape index (κ1) is 23.1. The molecule has 164 valence electrons. The summed E-state index contributed by atoms with van der Waals surface area (Å²) in [6, 6.07) is 19.8. The molecule has 1 fully saturated rings. The minimum absolute atomic E-state index is 0.0819. The lowest BCUT2D eigenvalue weighted by Gasteiger charge is -2.23. The van der Waals surface area contributed by atoms with E-state index in [0.29, 0.717) is 32.7 Å². The highest BCUT2D eigenvalue weighted by molar-refractivity contribution is 7.80. The fourth-order valence-electron chi connectivity index (χ4n) is 3.50. The number of thiocarbonyl (C=S) groups is 1. The maximum Gasteiger partial charge on any atom is 0.266 e. The molecule has 2 aromatic rings. The zero-order valence-corrected chi connectivity index (χ0v) is 18.7. The van der Waals surface area contributed by atoms with Gasteiger partial charge in [-0.15, -0.1) is 6.58 Å². The van der Waals surface area contributed by atoms with Gasteiger partial charge in [0.1, 0.15) is 13.2 Å². The van der Waals surface area contributed by atoms with Gasteiger partial charge in [0, 0.05) is 0 Å². The van der Waals surface area contributed by atoms with Crippen LogP contribution in [0, 0.1) is 0 Å². The molecule has 31 heavy (non-hydrogen) atoms. The van der Waals surface area contributed by atoms with Gasteiger partial charge in [0.25, 0.3) is 11.1 Å². The summed E-state index contributed by atoms with van der Waals surface area (Å²) in [6.07, 6.45) is 1.05. The third-order valence-corrected chi connectivity index (χ3v) is 5.29. The summed E-state index contributed by atoms with van der Waals surface area (Å²) < 4.78 is 17.2. The summed E-state index contributed by atoms with van der Waals surface area (Å²) in [6.45, 7) is 7.09. The smallest absolute Gasteiger partial charge is 0.266 e. The molecule has 0 saturated carbocycles.